The van der Waals surface area contributed by atoms with E-state index in [0.717, 1.165) is 0 Å². The largest absolute Gasteiger partial charge is 0.447 e. The van der Waals surface area contributed by atoms with Gasteiger partial charge in [-0.25, -0.2) is 4.79 Å². The van der Waals surface area contributed by atoms with Crippen molar-refractivity contribution in [1.29, 1.82) is 5.26 Å². The van der Waals surface area contributed by atoms with Crippen LogP contribution in [0.3, 0.4) is 0 Å². The van der Waals surface area contributed by atoms with E-state index in [1.54, 1.807) is 13.8 Å². The molecule has 0 aromatic heterocycles. The highest BCUT2D eigenvalue weighted by atomic mass is 16.6. The highest BCUT2D eigenvalue weighted by Crippen LogP contribution is 2.03. The Morgan fingerprint density at radius 1 is 1.44 bits per heavy atom. The third-order valence-electron chi connectivity index (χ3n) is 2.30. The van der Waals surface area contributed by atoms with Crippen LogP contribution in [-0.2, 0) is 9.47 Å². The molecule has 0 aromatic carbocycles. The van der Waals surface area contributed by atoms with E-state index in [1.165, 1.54) is 11.9 Å². The van der Waals surface area contributed by atoms with Crippen LogP contribution in [0.25, 0.3) is 0 Å². The Balaban J connectivity index is 4.16. The number of amides is 1. The zero-order valence-electron chi connectivity index (χ0n) is 11.4. The maximum Gasteiger partial charge on any atom is 0.410 e. The Bertz CT molecular complexity index is 288. The maximum atomic E-state index is 11.6. The summed E-state index contributed by atoms with van der Waals surface area (Å²) in [5.74, 6) is 0. The van der Waals surface area contributed by atoms with Crippen molar-refractivity contribution in [2.45, 2.75) is 45.4 Å². The van der Waals surface area contributed by atoms with Crippen LogP contribution >= 0.6 is 0 Å². The average Bonchev–Trinajstić information content (AvgIpc) is 2.32. The van der Waals surface area contributed by atoms with Crippen molar-refractivity contribution >= 4 is 6.09 Å². The fraction of sp³-hybridized carbons (Fsp3) is 0.833. The number of nitrogens with zero attached hydrogens (tertiary/aromatic N) is 2. The molecule has 2 atom stereocenters. The van der Waals surface area contributed by atoms with E-state index < -0.39 is 18.2 Å². The van der Waals surface area contributed by atoms with Gasteiger partial charge in [0.25, 0.3) is 0 Å². The van der Waals surface area contributed by atoms with Crippen molar-refractivity contribution in [3.63, 3.8) is 0 Å². The summed E-state index contributed by atoms with van der Waals surface area (Å²) in [5.41, 5.74) is 0. The van der Waals surface area contributed by atoms with Crippen LogP contribution in [0.4, 0.5) is 4.79 Å². The van der Waals surface area contributed by atoms with Crippen molar-refractivity contribution in [3.05, 3.63) is 0 Å². The monoisotopic (exact) mass is 258 g/mol. The molecule has 6 nitrogen and oxygen atoms in total. The first-order valence-corrected chi connectivity index (χ1v) is 6.01. The Hall–Kier alpha value is -1.32. The van der Waals surface area contributed by atoms with Crippen LogP contribution in [-0.4, -0.2) is 54.6 Å². The summed E-state index contributed by atoms with van der Waals surface area (Å²) in [6.45, 7) is 5.52. The number of aliphatic hydroxyl groups is 1. The van der Waals surface area contributed by atoms with Gasteiger partial charge in [-0.05, 0) is 20.3 Å². The van der Waals surface area contributed by atoms with Crippen LogP contribution in [0.2, 0.25) is 0 Å². The van der Waals surface area contributed by atoms with Gasteiger partial charge >= 0.3 is 6.09 Å². The molecule has 1 N–H and O–H groups in total. The standard InChI is InChI=1S/C12H22N2O4/c1-5-11(15)8-17-7-10(6-13)14(4)12(16)18-9(2)3/h9-11,15H,5,7-8H2,1-4H3/t10?,11-/m1/s1. The summed E-state index contributed by atoms with van der Waals surface area (Å²) >= 11 is 0. The minimum atomic E-state index is -0.722. The van der Waals surface area contributed by atoms with E-state index >= 15 is 0 Å². The molecule has 0 saturated heterocycles. The fourth-order valence-corrected chi connectivity index (χ4v) is 1.08. The van der Waals surface area contributed by atoms with Gasteiger partial charge < -0.3 is 14.6 Å². The van der Waals surface area contributed by atoms with Gasteiger partial charge in [0.15, 0.2) is 0 Å². The molecule has 0 bridgehead atoms. The molecule has 0 saturated carbocycles. The smallest absolute Gasteiger partial charge is 0.410 e. The second-order valence-electron chi connectivity index (χ2n) is 4.29. The van der Waals surface area contributed by atoms with Crippen molar-refractivity contribution < 1.29 is 19.4 Å². The number of likely N-dealkylation sites (N-methyl/N-ethyl adjacent to an activating group) is 1. The number of aliphatic hydroxyl groups excluding tert-OH is 1. The molecule has 18 heavy (non-hydrogen) atoms. The lowest BCUT2D eigenvalue weighted by molar-refractivity contribution is 0.0140. The minimum absolute atomic E-state index is 0.0528. The SMILES string of the molecule is CC[C@@H](O)COCC(C#N)N(C)C(=O)OC(C)C. The molecule has 0 spiro atoms. The first-order valence-electron chi connectivity index (χ1n) is 6.01. The molecule has 0 aliphatic carbocycles. The minimum Gasteiger partial charge on any atom is -0.447 e. The molecule has 0 rings (SSSR count). The van der Waals surface area contributed by atoms with Crippen LogP contribution < -0.4 is 0 Å². The molecule has 6 heteroatoms. The summed E-state index contributed by atoms with van der Waals surface area (Å²) in [4.78, 5) is 12.7. The van der Waals surface area contributed by atoms with Gasteiger partial charge in [-0.2, -0.15) is 5.26 Å². The highest BCUT2D eigenvalue weighted by molar-refractivity contribution is 5.68. The lowest BCUT2D eigenvalue weighted by Crippen LogP contribution is -2.40. The number of hydrogen-bond donors (Lipinski definition) is 1. The average molecular weight is 258 g/mol. The predicted octanol–water partition coefficient (Wildman–Crippen LogP) is 1.14. The molecule has 1 amide bonds. The highest BCUT2D eigenvalue weighted by Gasteiger charge is 2.22. The normalized spacial score (nSPS) is 13.8. The Morgan fingerprint density at radius 3 is 2.50 bits per heavy atom. The number of carbonyl (C=O) groups is 1. The van der Waals surface area contributed by atoms with Gasteiger partial charge in [-0.3, -0.25) is 4.90 Å². The Labute approximate surface area is 108 Å². The maximum absolute atomic E-state index is 11.6. The summed E-state index contributed by atoms with van der Waals surface area (Å²) in [6.07, 6.45) is -0.752. The molecular weight excluding hydrogens is 236 g/mol. The molecular formula is C12H22N2O4. The van der Waals surface area contributed by atoms with Crippen molar-refractivity contribution in [3.8, 4) is 6.07 Å². The zero-order chi connectivity index (χ0) is 14.1. The van der Waals surface area contributed by atoms with Gasteiger partial charge in [0.2, 0.25) is 0 Å². The Morgan fingerprint density at radius 2 is 2.06 bits per heavy atom. The predicted molar refractivity (Wildman–Crippen MR) is 65.9 cm³/mol. The topological polar surface area (TPSA) is 82.8 Å². The molecule has 0 aromatic rings. The molecule has 0 aliphatic rings. The summed E-state index contributed by atoms with van der Waals surface area (Å²) < 4.78 is 10.2. The second kappa shape index (κ2) is 8.72. The number of hydrogen-bond acceptors (Lipinski definition) is 5. The molecule has 104 valence electrons. The number of ether oxygens (including phenoxy) is 2. The van der Waals surface area contributed by atoms with Gasteiger partial charge in [0.05, 0.1) is 31.5 Å². The molecule has 0 heterocycles. The van der Waals surface area contributed by atoms with E-state index in [9.17, 15) is 9.90 Å². The molecule has 1 unspecified atom stereocenters. The lowest BCUT2D eigenvalue weighted by atomic mass is 10.3. The second-order valence-corrected chi connectivity index (χ2v) is 4.29. The zero-order valence-corrected chi connectivity index (χ0v) is 11.4. The first-order chi connectivity index (χ1) is 8.42. The van der Waals surface area contributed by atoms with Crippen LogP contribution in [0.15, 0.2) is 0 Å². The quantitative estimate of drug-likeness (QED) is 0.740. The molecule has 0 fully saturated rings. The van der Waals surface area contributed by atoms with Gasteiger partial charge in [0, 0.05) is 7.05 Å². The summed E-state index contributed by atoms with van der Waals surface area (Å²) in [5, 5.41) is 18.3. The number of nitriles is 1. The van der Waals surface area contributed by atoms with Crippen LogP contribution in [0.5, 0.6) is 0 Å². The van der Waals surface area contributed by atoms with Gasteiger partial charge in [-0.15, -0.1) is 0 Å². The lowest BCUT2D eigenvalue weighted by Gasteiger charge is -2.23. The number of rotatable bonds is 7. The fourth-order valence-electron chi connectivity index (χ4n) is 1.08. The molecule has 0 radical (unpaired) electrons. The van der Waals surface area contributed by atoms with E-state index in [2.05, 4.69) is 0 Å². The third-order valence-corrected chi connectivity index (χ3v) is 2.30. The van der Waals surface area contributed by atoms with Crippen molar-refractivity contribution in [2.24, 2.45) is 0 Å². The first kappa shape index (κ1) is 16.7. The summed E-state index contributed by atoms with van der Waals surface area (Å²) in [7, 11) is 1.48. The van der Waals surface area contributed by atoms with E-state index in [4.69, 9.17) is 14.7 Å². The van der Waals surface area contributed by atoms with E-state index in [-0.39, 0.29) is 19.3 Å². The van der Waals surface area contributed by atoms with E-state index in [0.29, 0.717) is 6.42 Å². The number of carbonyl (C=O) groups excluding carboxylic acids is 1. The Kier molecular flexibility index (Phi) is 8.08. The third kappa shape index (κ3) is 6.42. The summed E-state index contributed by atoms with van der Waals surface area (Å²) in [6, 6.07) is 1.24. The van der Waals surface area contributed by atoms with Gasteiger partial charge in [-0.1, -0.05) is 6.92 Å². The van der Waals surface area contributed by atoms with Crippen LogP contribution in [0.1, 0.15) is 27.2 Å². The van der Waals surface area contributed by atoms with Crippen molar-refractivity contribution in [2.75, 3.05) is 20.3 Å². The molecule has 0 aliphatic heterocycles. The van der Waals surface area contributed by atoms with Crippen LogP contribution in [0, 0.1) is 11.3 Å². The van der Waals surface area contributed by atoms with Crippen molar-refractivity contribution in [1.82, 2.24) is 4.90 Å². The van der Waals surface area contributed by atoms with E-state index in [1.807, 2.05) is 13.0 Å². The van der Waals surface area contributed by atoms with Gasteiger partial charge in [0.1, 0.15) is 6.04 Å².